The molecule has 0 heterocycles. The van der Waals surface area contributed by atoms with Crippen molar-refractivity contribution in [1.29, 1.82) is 0 Å². The molecule has 0 atom stereocenters. The monoisotopic (exact) mass is 322 g/mol. The lowest BCUT2D eigenvalue weighted by atomic mass is 10.2. The van der Waals surface area contributed by atoms with Gasteiger partial charge < -0.3 is 4.74 Å². The molecule has 108 valence electrons. The van der Waals surface area contributed by atoms with Crippen molar-refractivity contribution in [2.75, 3.05) is 7.11 Å². The molecule has 0 radical (unpaired) electrons. The minimum absolute atomic E-state index is 0.309. The van der Waals surface area contributed by atoms with Gasteiger partial charge in [0.1, 0.15) is 5.75 Å². The second-order valence-corrected chi connectivity index (χ2v) is 4.91. The number of carbonyl (C=O) groups is 1. The second-order valence-electron chi connectivity index (χ2n) is 4.07. The second kappa shape index (κ2) is 7.11. The minimum atomic E-state index is -0.309. The van der Waals surface area contributed by atoms with Crippen molar-refractivity contribution in [1.82, 2.24) is 5.43 Å². The molecule has 4 nitrogen and oxygen atoms in total. The summed E-state index contributed by atoms with van der Waals surface area (Å²) in [7, 11) is 1.50. The third-order valence-electron chi connectivity index (χ3n) is 2.67. The van der Waals surface area contributed by atoms with E-state index in [1.54, 1.807) is 36.4 Å². The van der Waals surface area contributed by atoms with E-state index in [0.29, 0.717) is 26.9 Å². The third kappa shape index (κ3) is 3.97. The summed E-state index contributed by atoms with van der Waals surface area (Å²) < 4.78 is 5.18. The summed E-state index contributed by atoms with van der Waals surface area (Å²) in [6.07, 6.45) is 1.42. The van der Waals surface area contributed by atoms with Crippen LogP contribution in [0.4, 0.5) is 0 Å². The number of hydrazone groups is 1. The first-order valence-corrected chi connectivity index (χ1v) is 6.79. The number of hydrogen-bond donors (Lipinski definition) is 1. The molecule has 2 aromatic carbocycles. The van der Waals surface area contributed by atoms with Gasteiger partial charge in [-0.05, 0) is 24.3 Å². The van der Waals surface area contributed by atoms with Crippen LogP contribution in [0.1, 0.15) is 15.9 Å². The molecule has 6 heteroatoms. The van der Waals surface area contributed by atoms with Gasteiger partial charge in [0.05, 0.1) is 23.9 Å². The Morgan fingerprint density at radius 3 is 2.62 bits per heavy atom. The van der Waals surface area contributed by atoms with E-state index in [1.165, 1.54) is 13.3 Å². The van der Waals surface area contributed by atoms with Gasteiger partial charge >= 0.3 is 0 Å². The first-order valence-electron chi connectivity index (χ1n) is 6.03. The standard InChI is InChI=1S/C15H12Cl2N2O2/c1-21-14-8-11(16)7-13(17)12(14)9-18-19-15(20)10-5-3-2-4-6-10/h2-9H,1H3,(H,19,20)/b18-9-. The van der Waals surface area contributed by atoms with Crippen LogP contribution in [0.15, 0.2) is 47.6 Å². The molecule has 0 spiro atoms. The average Bonchev–Trinajstić information content (AvgIpc) is 2.49. The van der Waals surface area contributed by atoms with Crippen LogP contribution in [0, 0.1) is 0 Å². The minimum Gasteiger partial charge on any atom is -0.496 e. The van der Waals surface area contributed by atoms with Gasteiger partial charge in [-0.25, -0.2) is 5.43 Å². The van der Waals surface area contributed by atoms with Crippen molar-refractivity contribution in [3.8, 4) is 5.75 Å². The maximum atomic E-state index is 11.8. The lowest BCUT2D eigenvalue weighted by Crippen LogP contribution is -2.17. The molecule has 0 fully saturated rings. The summed E-state index contributed by atoms with van der Waals surface area (Å²) in [5, 5.41) is 4.73. The Kier molecular flexibility index (Phi) is 5.20. The van der Waals surface area contributed by atoms with Crippen molar-refractivity contribution in [3.05, 3.63) is 63.6 Å². The maximum Gasteiger partial charge on any atom is 0.271 e. The van der Waals surface area contributed by atoms with Gasteiger partial charge in [-0.2, -0.15) is 5.10 Å². The van der Waals surface area contributed by atoms with Gasteiger partial charge in [0, 0.05) is 10.6 Å². The van der Waals surface area contributed by atoms with Gasteiger partial charge in [0.15, 0.2) is 0 Å². The number of halogens is 2. The van der Waals surface area contributed by atoms with Crippen molar-refractivity contribution < 1.29 is 9.53 Å². The van der Waals surface area contributed by atoms with Crippen LogP contribution in [0.3, 0.4) is 0 Å². The van der Waals surface area contributed by atoms with Crippen LogP contribution in [0.2, 0.25) is 10.0 Å². The number of carbonyl (C=O) groups excluding carboxylic acids is 1. The molecule has 0 saturated carbocycles. The average molecular weight is 323 g/mol. The number of rotatable bonds is 4. The van der Waals surface area contributed by atoms with Gasteiger partial charge in [-0.1, -0.05) is 41.4 Å². The Balaban J connectivity index is 2.14. The fraction of sp³-hybridized carbons (Fsp3) is 0.0667. The van der Waals surface area contributed by atoms with Gasteiger partial charge in [0.25, 0.3) is 5.91 Å². The van der Waals surface area contributed by atoms with Crippen LogP contribution < -0.4 is 10.2 Å². The number of nitrogens with one attached hydrogen (secondary N) is 1. The van der Waals surface area contributed by atoms with Crippen molar-refractivity contribution in [3.63, 3.8) is 0 Å². The summed E-state index contributed by atoms with van der Waals surface area (Å²) in [5.41, 5.74) is 3.48. The molecule has 0 aliphatic rings. The van der Waals surface area contributed by atoms with Gasteiger partial charge in [-0.3, -0.25) is 4.79 Å². The van der Waals surface area contributed by atoms with E-state index in [9.17, 15) is 4.79 Å². The topological polar surface area (TPSA) is 50.7 Å². The molecule has 2 rings (SSSR count). The number of hydrogen-bond acceptors (Lipinski definition) is 3. The largest absolute Gasteiger partial charge is 0.496 e. The summed E-state index contributed by atoms with van der Waals surface area (Å²) in [6.45, 7) is 0. The highest BCUT2D eigenvalue weighted by Crippen LogP contribution is 2.29. The van der Waals surface area contributed by atoms with Gasteiger partial charge in [-0.15, -0.1) is 0 Å². The zero-order chi connectivity index (χ0) is 15.2. The Bertz CT molecular complexity index is 673. The highest BCUT2D eigenvalue weighted by molar-refractivity contribution is 6.36. The summed E-state index contributed by atoms with van der Waals surface area (Å²) in [4.78, 5) is 11.8. The van der Waals surface area contributed by atoms with E-state index in [0.717, 1.165) is 0 Å². The zero-order valence-electron chi connectivity index (χ0n) is 11.1. The fourth-order valence-corrected chi connectivity index (χ4v) is 2.19. The highest BCUT2D eigenvalue weighted by atomic mass is 35.5. The van der Waals surface area contributed by atoms with Gasteiger partial charge in [0.2, 0.25) is 0 Å². The van der Waals surface area contributed by atoms with Crippen LogP contribution in [0.25, 0.3) is 0 Å². The highest BCUT2D eigenvalue weighted by Gasteiger charge is 2.08. The molecule has 0 aromatic heterocycles. The molecule has 2 aromatic rings. The van der Waals surface area contributed by atoms with Crippen LogP contribution in [-0.2, 0) is 0 Å². The Morgan fingerprint density at radius 1 is 1.24 bits per heavy atom. The van der Waals surface area contributed by atoms with E-state index in [2.05, 4.69) is 10.5 Å². The Hall–Kier alpha value is -2.04. The molecule has 0 aliphatic carbocycles. The van der Waals surface area contributed by atoms with E-state index >= 15 is 0 Å². The summed E-state index contributed by atoms with van der Waals surface area (Å²) >= 11 is 12.0. The van der Waals surface area contributed by atoms with E-state index in [-0.39, 0.29) is 5.91 Å². The molecule has 0 aliphatic heterocycles. The lowest BCUT2D eigenvalue weighted by molar-refractivity contribution is 0.0955. The molecular weight excluding hydrogens is 311 g/mol. The molecule has 1 amide bonds. The number of ether oxygens (including phenoxy) is 1. The summed E-state index contributed by atoms with van der Waals surface area (Å²) in [6, 6.07) is 12.0. The lowest BCUT2D eigenvalue weighted by Gasteiger charge is -2.07. The molecule has 21 heavy (non-hydrogen) atoms. The molecule has 0 saturated heterocycles. The molecule has 0 bridgehead atoms. The van der Waals surface area contributed by atoms with Crippen LogP contribution >= 0.6 is 23.2 Å². The summed E-state index contributed by atoms with van der Waals surface area (Å²) in [5.74, 6) is 0.168. The Labute approximate surface area is 132 Å². The van der Waals surface area contributed by atoms with Crippen LogP contribution in [0.5, 0.6) is 5.75 Å². The SMILES string of the molecule is COc1cc(Cl)cc(Cl)c1/C=N\NC(=O)c1ccccc1. The first-order chi connectivity index (χ1) is 10.1. The number of amides is 1. The first kappa shape index (κ1) is 15.4. The molecule has 0 unspecified atom stereocenters. The number of methoxy groups -OCH3 is 1. The van der Waals surface area contributed by atoms with E-state index in [4.69, 9.17) is 27.9 Å². The predicted molar refractivity (Wildman–Crippen MR) is 84.5 cm³/mol. The molecule has 1 N–H and O–H groups in total. The van der Waals surface area contributed by atoms with Crippen molar-refractivity contribution in [2.24, 2.45) is 5.10 Å². The van der Waals surface area contributed by atoms with E-state index < -0.39 is 0 Å². The quantitative estimate of drug-likeness (QED) is 0.688. The van der Waals surface area contributed by atoms with Crippen molar-refractivity contribution in [2.45, 2.75) is 0 Å². The molecular formula is C15H12Cl2N2O2. The maximum absolute atomic E-state index is 11.8. The smallest absolute Gasteiger partial charge is 0.271 e. The van der Waals surface area contributed by atoms with Crippen molar-refractivity contribution >= 4 is 35.3 Å². The number of benzene rings is 2. The third-order valence-corrected chi connectivity index (χ3v) is 3.20. The van der Waals surface area contributed by atoms with Crippen LogP contribution in [-0.4, -0.2) is 19.2 Å². The Morgan fingerprint density at radius 2 is 1.95 bits per heavy atom. The van der Waals surface area contributed by atoms with E-state index in [1.807, 2.05) is 6.07 Å². The zero-order valence-corrected chi connectivity index (χ0v) is 12.7. The normalized spacial score (nSPS) is 10.6. The fourth-order valence-electron chi connectivity index (χ4n) is 1.66. The predicted octanol–water partition coefficient (Wildman–Crippen LogP) is 3.77. The number of nitrogens with zero attached hydrogens (tertiary/aromatic N) is 1.